The molecular weight excluding hydrogens is 428 g/mol. The maximum absolute atomic E-state index is 13.9. The van der Waals surface area contributed by atoms with Crippen LogP contribution in [0.1, 0.15) is 64.5 Å². The number of furan rings is 1. The fourth-order valence-electron chi connectivity index (χ4n) is 5.00. The summed E-state index contributed by atoms with van der Waals surface area (Å²) in [7, 11) is 1.59. The second kappa shape index (κ2) is 10.2. The molecule has 0 aliphatic heterocycles. The first-order chi connectivity index (χ1) is 16.4. The third kappa shape index (κ3) is 4.86. The predicted octanol–water partition coefficient (Wildman–Crippen LogP) is 5.66. The summed E-state index contributed by atoms with van der Waals surface area (Å²) in [4.78, 5) is 29.4. The van der Waals surface area contributed by atoms with Crippen LogP contribution < -0.4 is 15.0 Å². The molecule has 1 aromatic heterocycles. The highest BCUT2D eigenvalue weighted by Gasteiger charge is 2.37. The number of nitrogens with zero attached hydrogens (tertiary/aromatic N) is 1. The van der Waals surface area contributed by atoms with Gasteiger partial charge in [-0.25, -0.2) is 0 Å². The van der Waals surface area contributed by atoms with Crippen LogP contribution in [0.15, 0.2) is 59.2 Å². The van der Waals surface area contributed by atoms with Crippen molar-refractivity contribution < 1.29 is 18.7 Å². The van der Waals surface area contributed by atoms with Gasteiger partial charge in [-0.3, -0.25) is 14.5 Å². The highest BCUT2D eigenvalue weighted by molar-refractivity contribution is 6.09. The molecule has 3 aromatic rings. The van der Waals surface area contributed by atoms with Crippen LogP contribution in [0, 0.1) is 20.8 Å². The highest BCUT2D eigenvalue weighted by Crippen LogP contribution is 2.36. The van der Waals surface area contributed by atoms with E-state index in [9.17, 15) is 9.59 Å². The van der Waals surface area contributed by atoms with E-state index in [0.717, 1.165) is 42.4 Å². The van der Waals surface area contributed by atoms with Crippen LogP contribution >= 0.6 is 0 Å². The summed E-state index contributed by atoms with van der Waals surface area (Å²) in [6.45, 7) is 5.96. The molecular formula is C28H32N2O4. The van der Waals surface area contributed by atoms with Gasteiger partial charge in [0.2, 0.25) is 5.91 Å². The van der Waals surface area contributed by atoms with Gasteiger partial charge in [-0.2, -0.15) is 0 Å². The van der Waals surface area contributed by atoms with Gasteiger partial charge in [-0.05, 0) is 74.6 Å². The van der Waals surface area contributed by atoms with Crippen LogP contribution in [-0.4, -0.2) is 25.0 Å². The minimum atomic E-state index is -0.895. The lowest BCUT2D eigenvalue weighted by Crippen LogP contribution is -2.46. The second-order valence-corrected chi connectivity index (χ2v) is 9.07. The number of nitrogens with one attached hydrogen (secondary N) is 1. The van der Waals surface area contributed by atoms with Crippen LogP contribution in [0.4, 0.5) is 5.69 Å². The van der Waals surface area contributed by atoms with Crippen molar-refractivity contribution >= 4 is 17.5 Å². The van der Waals surface area contributed by atoms with Gasteiger partial charge in [0.15, 0.2) is 5.76 Å². The molecule has 1 aliphatic carbocycles. The fourth-order valence-corrected chi connectivity index (χ4v) is 5.00. The third-order valence-electron chi connectivity index (χ3n) is 6.44. The van der Waals surface area contributed by atoms with Crippen molar-refractivity contribution in [2.75, 3.05) is 12.0 Å². The molecule has 0 bridgehead atoms. The topological polar surface area (TPSA) is 71.8 Å². The van der Waals surface area contributed by atoms with Crippen molar-refractivity contribution in [1.82, 2.24) is 5.32 Å². The SMILES string of the molecule is COc1cccc([C@@H](C(=O)NC2CCCC2)N(C(=O)c2ccco2)c2c(C)cc(C)cc2C)c1. The van der Waals surface area contributed by atoms with Gasteiger partial charge in [0.1, 0.15) is 11.8 Å². The van der Waals surface area contributed by atoms with Gasteiger partial charge >= 0.3 is 0 Å². The van der Waals surface area contributed by atoms with E-state index in [2.05, 4.69) is 5.32 Å². The Bertz CT molecular complexity index is 1140. The number of hydrogen-bond donors (Lipinski definition) is 1. The van der Waals surface area contributed by atoms with E-state index in [1.54, 1.807) is 24.1 Å². The van der Waals surface area contributed by atoms with Crippen molar-refractivity contribution in [2.24, 2.45) is 0 Å². The molecule has 6 nitrogen and oxygen atoms in total. The van der Waals surface area contributed by atoms with Crippen molar-refractivity contribution in [3.8, 4) is 5.75 Å². The molecule has 178 valence electrons. The molecule has 0 unspecified atom stereocenters. The van der Waals surface area contributed by atoms with Crippen molar-refractivity contribution in [1.29, 1.82) is 0 Å². The largest absolute Gasteiger partial charge is 0.497 e. The number of methoxy groups -OCH3 is 1. The molecule has 1 N–H and O–H groups in total. The van der Waals surface area contributed by atoms with E-state index >= 15 is 0 Å². The lowest BCUT2D eigenvalue weighted by Gasteiger charge is -2.34. The molecule has 34 heavy (non-hydrogen) atoms. The van der Waals surface area contributed by atoms with Crippen molar-refractivity contribution in [2.45, 2.75) is 58.5 Å². The van der Waals surface area contributed by atoms with Crippen LogP contribution in [-0.2, 0) is 4.79 Å². The number of ether oxygens (including phenoxy) is 1. The molecule has 2 amide bonds. The zero-order valence-electron chi connectivity index (χ0n) is 20.3. The Morgan fingerprint density at radius 1 is 1.03 bits per heavy atom. The van der Waals surface area contributed by atoms with Crippen molar-refractivity contribution in [3.63, 3.8) is 0 Å². The van der Waals surface area contributed by atoms with E-state index in [-0.39, 0.29) is 23.6 Å². The molecule has 1 fully saturated rings. The molecule has 2 aromatic carbocycles. The van der Waals surface area contributed by atoms with Gasteiger partial charge < -0.3 is 14.5 Å². The first-order valence-electron chi connectivity index (χ1n) is 11.8. The second-order valence-electron chi connectivity index (χ2n) is 9.07. The van der Waals surface area contributed by atoms with Gasteiger partial charge in [0, 0.05) is 6.04 Å². The molecule has 0 saturated heterocycles. The number of rotatable bonds is 7. The number of anilines is 1. The number of aryl methyl sites for hydroxylation is 3. The van der Waals surface area contributed by atoms with E-state index in [1.807, 2.05) is 57.2 Å². The van der Waals surface area contributed by atoms with Crippen molar-refractivity contribution in [3.05, 3.63) is 82.8 Å². The Kier molecular flexibility index (Phi) is 7.06. The number of carbonyl (C=O) groups excluding carboxylic acids is 2. The van der Waals surface area contributed by atoms with Gasteiger partial charge in [-0.15, -0.1) is 0 Å². The molecule has 4 rings (SSSR count). The molecule has 6 heteroatoms. The molecule has 0 radical (unpaired) electrons. The Morgan fingerprint density at radius 2 is 1.74 bits per heavy atom. The monoisotopic (exact) mass is 460 g/mol. The standard InChI is InChI=1S/C28H32N2O4/c1-18-15-19(2)25(20(3)16-18)30(28(32)24-13-8-14-34-24)26(21-9-7-12-23(17-21)33-4)27(31)29-22-10-5-6-11-22/h7-9,12-17,22,26H,5-6,10-11H2,1-4H3,(H,29,31)/t26-/m0/s1. The Labute approximate surface area is 200 Å². The highest BCUT2D eigenvalue weighted by atomic mass is 16.5. The number of carbonyl (C=O) groups is 2. The average molecular weight is 461 g/mol. The first kappa shape index (κ1) is 23.6. The van der Waals surface area contributed by atoms with Gasteiger partial charge in [0.05, 0.1) is 19.1 Å². The summed E-state index contributed by atoms with van der Waals surface area (Å²) in [5.41, 5.74) is 4.31. The smallest absolute Gasteiger partial charge is 0.294 e. The molecule has 1 saturated carbocycles. The first-order valence-corrected chi connectivity index (χ1v) is 11.8. The summed E-state index contributed by atoms with van der Waals surface area (Å²) < 4.78 is 10.9. The summed E-state index contributed by atoms with van der Waals surface area (Å²) in [6.07, 6.45) is 5.57. The minimum Gasteiger partial charge on any atom is -0.497 e. The lowest BCUT2D eigenvalue weighted by molar-refractivity contribution is -0.123. The van der Waals surface area contributed by atoms with E-state index in [1.165, 1.54) is 6.26 Å². The van der Waals surface area contributed by atoms with E-state index < -0.39 is 6.04 Å². The summed E-state index contributed by atoms with van der Waals surface area (Å²) >= 11 is 0. The number of amides is 2. The minimum absolute atomic E-state index is 0.112. The lowest BCUT2D eigenvalue weighted by atomic mass is 9.97. The normalized spacial score (nSPS) is 14.6. The molecule has 0 spiro atoms. The Hall–Kier alpha value is -3.54. The molecule has 1 atom stereocenters. The zero-order valence-corrected chi connectivity index (χ0v) is 20.3. The number of hydrogen-bond acceptors (Lipinski definition) is 4. The zero-order chi connectivity index (χ0) is 24.2. The van der Waals surface area contributed by atoms with Crippen LogP contribution in [0.25, 0.3) is 0 Å². The maximum Gasteiger partial charge on any atom is 0.294 e. The quantitative estimate of drug-likeness (QED) is 0.494. The van der Waals surface area contributed by atoms with Crippen LogP contribution in [0.3, 0.4) is 0 Å². The Morgan fingerprint density at radius 3 is 2.35 bits per heavy atom. The van der Waals surface area contributed by atoms with Crippen LogP contribution in [0.2, 0.25) is 0 Å². The number of benzene rings is 2. The molecule has 1 aliphatic rings. The van der Waals surface area contributed by atoms with Gasteiger partial charge in [-0.1, -0.05) is 42.7 Å². The fraction of sp³-hybridized carbons (Fsp3) is 0.357. The van der Waals surface area contributed by atoms with Gasteiger partial charge in [0.25, 0.3) is 5.91 Å². The Balaban J connectivity index is 1.89. The van der Waals surface area contributed by atoms with Crippen LogP contribution in [0.5, 0.6) is 5.75 Å². The predicted molar refractivity (Wildman–Crippen MR) is 132 cm³/mol. The van der Waals surface area contributed by atoms with E-state index in [0.29, 0.717) is 17.0 Å². The summed E-state index contributed by atoms with van der Waals surface area (Å²) in [5.74, 6) is 0.230. The average Bonchev–Trinajstić information content (AvgIpc) is 3.52. The summed E-state index contributed by atoms with van der Waals surface area (Å²) in [6, 6.07) is 13.9. The summed E-state index contributed by atoms with van der Waals surface area (Å²) in [5, 5.41) is 3.21. The molecule has 1 heterocycles. The maximum atomic E-state index is 13.9. The third-order valence-corrected chi connectivity index (χ3v) is 6.44. The van der Waals surface area contributed by atoms with E-state index in [4.69, 9.17) is 9.15 Å².